The summed E-state index contributed by atoms with van der Waals surface area (Å²) in [6, 6.07) is 37.4. The lowest BCUT2D eigenvalue weighted by Crippen LogP contribution is -2.30. The maximum Gasteiger partial charge on any atom is 0.119 e. The van der Waals surface area contributed by atoms with E-state index in [4.69, 9.17) is 9.47 Å². The molecule has 0 atom stereocenters. The quantitative estimate of drug-likeness (QED) is 0.299. The van der Waals surface area contributed by atoms with Gasteiger partial charge in [0.1, 0.15) is 11.5 Å². The zero-order valence-corrected chi connectivity index (χ0v) is 18.5. The number of hydrogen-bond donors (Lipinski definition) is 0. The third-order valence-corrected chi connectivity index (χ3v) is 5.45. The molecule has 162 valence electrons. The van der Waals surface area contributed by atoms with E-state index in [0.717, 1.165) is 47.3 Å². The number of benzene rings is 4. The number of rotatable bonds is 9. The fourth-order valence-corrected chi connectivity index (χ4v) is 3.75. The van der Waals surface area contributed by atoms with E-state index in [1.165, 1.54) is 0 Å². The average molecular weight is 425 g/mol. The minimum absolute atomic E-state index is 0.803. The minimum Gasteiger partial charge on any atom is -0.497 e. The summed E-state index contributed by atoms with van der Waals surface area (Å²) in [5.74, 6) is 1.71. The van der Waals surface area contributed by atoms with Gasteiger partial charge in [-0.2, -0.15) is 0 Å². The van der Waals surface area contributed by atoms with Gasteiger partial charge >= 0.3 is 0 Å². The van der Waals surface area contributed by atoms with Crippen LogP contribution in [0.3, 0.4) is 0 Å². The molecule has 0 aromatic heterocycles. The number of anilines is 4. The first-order valence-electron chi connectivity index (χ1n) is 10.7. The maximum atomic E-state index is 5.35. The van der Waals surface area contributed by atoms with Crippen molar-refractivity contribution in [2.45, 2.75) is 0 Å². The molecule has 4 aromatic carbocycles. The summed E-state index contributed by atoms with van der Waals surface area (Å²) >= 11 is 0. The summed E-state index contributed by atoms with van der Waals surface area (Å²) in [7, 11) is 3.38. The molecule has 0 amide bonds. The number of hydrogen-bond acceptors (Lipinski definition) is 4. The van der Waals surface area contributed by atoms with Crippen LogP contribution >= 0.6 is 0 Å². The Morgan fingerprint density at radius 2 is 0.750 bits per heavy atom. The number of nitrogens with zero attached hydrogens (tertiary/aromatic N) is 2. The predicted molar refractivity (Wildman–Crippen MR) is 133 cm³/mol. The Bertz CT molecular complexity index is 991. The van der Waals surface area contributed by atoms with Crippen LogP contribution < -0.4 is 19.3 Å². The molecule has 4 rings (SSSR count). The van der Waals surface area contributed by atoms with Crippen molar-refractivity contribution in [2.75, 3.05) is 37.1 Å². The first-order valence-corrected chi connectivity index (χ1v) is 10.7. The second-order valence-corrected chi connectivity index (χ2v) is 7.37. The van der Waals surface area contributed by atoms with Gasteiger partial charge in [0.2, 0.25) is 0 Å². The van der Waals surface area contributed by atoms with Crippen LogP contribution in [0.1, 0.15) is 0 Å². The van der Waals surface area contributed by atoms with E-state index in [1.807, 2.05) is 36.4 Å². The van der Waals surface area contributed by atoms with E-state index in [-0.39, 0.29) is 0 Å². The fourth-order valence-electron chi connectivity index (χ4n) is 3.75. The van der Waals surface area contributed by atoms with Crippen LogP contribution in [0, 0.1) is 0 Å². The Balaban J connectivity index is 1.64. The molecule has 0 unspecified atom stereocenters. The zero-order valence-electron chi connectivity index (χ0n) is 18.5. The first-order chi connectivity index (χ1) is 15.8. The summed E-state index contributed by atoms with van der Waals surface area (Å²) in [6.07, 6.45) is 0. The van der Waals surface area contributed by atoms with E-state index in [9.17, 15) is 0 Å². The van der Waals surface area contributed by atoms with Crippen LogP contribution in [0.25, 0.3) is 0 Å². The van der Waals surface area contributed by atoms with Gasteiger partial charge in [0, 0.05) is 35.8 Å². The fraction of sp³-hybridized carbons (Fsp3) is 0.143. The normalized spacial score (nSPS) is 10.4. The summed E-state index contributed by atoms with van der Waals surface area (Å²) in [4.78, 5) is 4.66. The summed E-state index contributed by atoms with van der Waals surface area (Å²) in [5.41, 5.74) is 4.56. The van der Waals surface area contributed by atoms with Crippen molar-refractivity contribution >= 4 is 22.7 Å². The predicted octanol–water partition coefficient (Wildman–Crippen LogP) is 6.68. The second-order valence-electron chi connectivity index (χ2n) is 7.37. The summed E-state index contributed by atoms with van der Waals surface area (Å²) < 4.78 is 10.7. The smallest absolute Gasteiger partial charge is 0.119 e. The van der Waals surface area contributed by atoms with Crippen molar-refractivity contribution in [2.24, 2.45) is 0 Å². The van der Waals surface area contributed by atoms with E-state index in [1.54, 1.807) is 14.2 Å². The number of methoxy groups -OCH3 is 2. The monoisotopic (exact) mass is 424 g/mol. The maximum absolute atomic E-state index is 5.35. The highest BCUT2D eigenvalue weighted by atomic mass is 16.5. The van der Waals surface area contributed by atoms with Gasteiger partial charge in [-0.05, 0) is 72.8 Å². The SMILES string of the molecule is COc1ccc(N(CCN(c2ccccc2)c2ccc(OC)cc2)c2ccccc2)cc1. The lowest BCUT2D eigenvalue weighted by Gasteiger charge is -2.31. The van der Waals surface area contributed by atoms with Crippen LogP contribution in [-0.4, -0.2) is 27.3 Å². The van der Waals surface area contributed by atoms with Gasteiger partial charge in [-0.1, -0.05) is 36.4 Å². The largest absolute Gasteiger partial charge is 0.497 e. The molecule has 0 saturated carbocycles. The summed E-state index contributed by atoms with van der Waals surface area (Å²) in [6.45, 7) is 1.61. The molecular formula is C28H28N2O2. The lowest BCUT2D eigenvalue weighted by molar-refractivity contribution is 0.414. The Morgan fingerprint density at radius 3 is 1.06 bits per heavy atom. The molecule has 0 aliphatic heterocycles. The molecule has 0 N–H and O–H groups in total. The van der Waals surface area contributed by atoms with Crippen molar-refractivity contribution in [3.8, 4) is 11.5 Å². The Labute approximate surface area is 190 Å². The Hall–Kier alpha value is -3.92. The number of para-hydroxylation sites is 2. The molecule has 0 spiro atoms. The van der Waals surface area contributed by atoms with Crippen LogP contribution in [0.5, 0.6) is 11.5 Å². The van der Waals surface area contributed by atoms with Gasteiger partial charge in [0.25, 0.3) is 0 Å². The minimum atomic E-state index is 0.803. The van der Waals surface area contributed by atoms with E-state index < -0.39 is 0 Å². The van der Waals surface area contributed by atoms with E-state index in [0.29, 0.717) is 0 Å². The topological polar surface area (TPSA) is 24.9 Å². The molecule has 0 radical (unpaired) electrons. The summed E-state index contributed by atoms with van der Waals surface area (Å²) in [5, 5.41) is 0. The molecule has 0 bridgehead atoms. The molecule has 0 fully saturated rings. The van der Waals surface area contributed by atoms with Crippen molar-refractivity contribution in [3.05, 3.63) is 109 Å². The van der Waals surface area contributed by atoms with Gasteiger partial charge in [-0.25, -0.2) is 0 Å². The number of ether oxygens (including phenoxy) is 2. The van der Waals surface area contributed by atoms with Crippen molar-refractivity contribution < 1.29 is 9.47 Å². The zero-order chi connectivity index (χ0) is 22.2. The first kappa shape index (κ1) is 21.3. The van der Waals surface area contributed by atoms with Crippen molar-refractivity contribution in [1.82, 2.24) is 0 Å². The van der Waals surface area contributed by atoms with Gasteiger partial charge in [-0.15, -0.1) is 0 Å². The van der Waals surface area contributed by atoms with Crippen LogP contribution in [0.4, 0.5) is 22.7 Å². The molecule has 0 heterocycles. The van der Waals surface area contributed by atoms with Crippen LogP contribution in [0.2, 0.25) is 0 Å². The van der Waals surface area contributed by atoms with Gasteiger partial charge in [-0.3, -0.25) is 0 Å². The third-order valence-electron chi connectivity index (χ3n) is 5.45. The van der Waals surface area contributed by atoms with E-state index in [2.05, 4.69) is 82.6 Å². The van der Waals surface area contributed by atoms with Crippen molar-refractivity contribution in [1.29, 1.82) is 0 Å². The standard InChI is InChI=1S/C28H28N2O2/c1-31-27-17-13-25(14-18-27)29(23-9-5-3-6-10-23)21-22-30(24-11-7-4-8-12-24)26-15-19-28(32-2)20-16-26/h3-20H,21-22H2,1-2H3. The molecule has 0 aliphatic carbocycles. The van der Waals surface area contributed by atoms with Gasteiger partial charge < -0.3 is 19.3 Å². The second kappa shape index (κ2) is 10.4. The third kappa shape index (κ3) is 5.03. The van der Waals surface area contributed by atoms with Crippen LogP contribution in [0.15, 0.2) is 109 Å². The highest BCUT2D eigenvalue weighted by molar-refractivity contribution is 5.67. The molecule has 32 heavy (non-hydrogen) atoms. The molecule has 4 aromatic rings. The average Bonchev–Trinajstić information content (AvgIpc) is 2.88. The molecule has 0 saturated heterocycles. The Morgan fingerprint density at radius 1 is 0.438 bits per heavy atom. The van der Waals surface area contributed by atoms with Crippen molar-refractivity contribution in [3.63, 3.8) is 0 Å². The van der Waals surface area contributed by atoms with E-state index >= 15 is 0 Å². The molecule has 4 heteroatoms. The molecule has 0 aliphatic rings. The highest BCUT2D eigenvalue weighted by Gasteiger charge is 2.14. The molecule has 4 nitrogen and oxygen atoms in total. The Kier molecular flexibility index (Phi) is 6.93. The van der Waals surface area contributed by atoms with Gasteiger partial charge in [0.05, 0.1) is 14.2 Å². The lowest BCUT2D eigenvalue weighted by atomic mass is 10.2. The van der Waals surface area contributed by atoms with Crippen LogP contribution in [-0.2, 0) is 0 Å². The van der Waals surface area contributed by atoms with Gasteiger partial charge in [0.15, 0.2) is 0 Å². The highest BCUT2D eigenvalue weighted by Crippen LogP contribution is 2.30. The molecular weight excluding hydrogens is 396 g/mol.